The van der Waals surface area contributed by atoms with Crippen LogP contribution in [0, 0.1) is 5.82 Å². The first-order chi connectivity index (χ1) is 12.9. The van der Waals surface area contributed by atoms with Gasteiger partial charge in [0.25, 0.3) is 0 Å². The maximum atomic E-state index is 13.5. The molecule has 5 nitrogen and oxygen atoms in total. The number of halogens is 3. The van der Waals surface area contributed by atoms with E-state index in [0.717, 1.165) is 5.56 Å². The molecule has 0 amide bonds. The van der Waals surface area contributed by atoms with Crippen LogP contribution in [0.4, 0.5) is 4.39 Å². The standard InChI is InChI=1S/C19H15BrClFN2O3/c1-11(12-6-8-13(21)9-7-12)24-16(18(25)26-2)17(20)23-19(24)27-15-5-3-4-14(22)10-15/h3-11H,1-2H3. The zero-order valence-electron chi connectivity index (χ0n) is 14.4. The van der Waals surface area contributed by atoms with Crippen LogP contribution in [0.25, 0.3) is 0 Å². The van der Waals surface area contributed by atoms with E-state index < -0.39 is 11.8 Å². The van der Waals surface area contributed by atoms with Crippen LogP contribution in [0.1, 0.15) is 29.0 Å². The van der Waals surface area contributed by atoms with Gasteiger partial charge >= 0.3 is 12.0 Å². The van der Waals surface area contributed by atoms with Crippen LogP contribution in [-0.4, -0.2) is 22.6 Å². The smallest absolute Gasteiger partial charge is 0.357 e. The van der Waals surface area contributed by atoms with Crippen molar-refractivity contribution in [1.29, 1.82) is 0 Å². The van der Waals surface area contributed by atoms with Crippen molar-refractivity contribution in [2.75, 3.05) is 7.11 Å². The molecule has 3 aromatic rings. The van der Waals surface area contributed by atoms with E-state index in [2.05, 4.69) is 20.9 Å². The molecule has 2 aromatic carbocycles. The molecule has 27 heavy (non-hydrogen) atoms. The average Bonchev–Trinajstić information content (AvgIpc) is 2.96. The molecule has 0 N–H and O–H groups in total. The van der Waals surface area contributed by atoms with Crippen LogP contribution in [0.5, 0.6) is 11.8 Å². The van der Waals surface area contributed by atoms with E-state index in [4.69, 9.17) is 21.1 Å². The number of ether oxygens (including phenoxy) is 2. The Morgan fingerprint density at radius 3 is 2.59 bits per heavy atom. The van der Waals surface area contributed by atoms with Crippen LogP contribution in [-0.2, 0) is 4.74 Å². The predicted octanol–water partition coefficient (Wildman–Crippen LogP) is 5.63. The number of hydrogen-bond acceptors (Lipinski definition) is 4. The van der Waals surface area contributed by atoms with Crippen LogP contribution in [0.3, 0.4) is 0 Å². The van der Waals surface area contributed by atoms with E-state index >= 15 is 0 Å². The summed E-state index contributed by atoms with van der Waals surface area (Å²) in [6, 6.07) is 12.6. The van der Waals surface area contributed by atoms with Gasteiger partial charge in [0.1, 0.15) is 16.2 Å². The third-order valence-electron chi connectivity index (χ3n) is 3.96. The lowest BCUT2D eigenvalue weighted by Crippen LogP contribution is -2.16. The molecule has 0 saturated heterocycles. The van der Waals surface area contributed by atoms with Crippen molar-refractivity contribution >= 4 is 33.5 Å². The van der Waals surface area contributed by atoms with Gasteiger partial charge in [-0.25, -0.2) is 9.18 Å². The maximum absolute atomic E-state index is 13.5. The van der Waals surface area contributed by atoms with Crippen molar-refractivity contribution in [1.82, 2.24) is 9.55 Å². The van der Waals surface area contributed by atoms with E-state index in [0.29, 0.717) is 5.02 Å². The molecule has 1 heterocycles. The third kappa shape index (κ3) is 4.14. The van der Waals surface area contributed by atoms with Gasteiger partial charge in [0.2, 0.25) is 0 Å². The Hall–Kier alpha value is -2.38. The molecular weight excluding hydrogens is 439 g/mol. The summed E-state index contributed by atoms with van der Waals surface area (Å²) in [5, 5.41) is 0.599. The van der Waals surface area contributed by atoms with Crippen LogP contribution >= 0.6 is 27.5 Å². The van der Waals surface area contributed by atoms with E-state index in [1.54, 1.807) is 22.8 Å². The Balaban J connectivity index is 2.10. The fourth-order valence-corrected chi connectivity index (χ4v) is 3.25. The van der Waals surface area contributed by atoms with Crippen molar-refractivity contribution < 1.29 is 18.7 Å². The lowest BCUT2D eigenvalue weighted by Gasteiger charge is -2.19. The largest absolute Gasteiger partial charge is 0.464 e. The second kappa shape index (κ2) is 8.10. The molecule has 0 saturated carbocycles. The first-order valence-corrected chi connectivity index (χ1v) is 9.12. The van der Waals surface area contributed by atoms with Gasteiger partial charge < -0.3 is 9.47 Å². The summed E-state index contributed by atoms with van der Waals surface area (Å²) >= 11 is 9.24. The number of hydrogen-bond donors (Lipinski definition) is 0. The van der Waals surface area contributed by atoms with Crippen molar-refractivity contribution in [2.45, 2.75) is 13.0 Å². The highest BCUT2D eigenvalue weighted by Crippen LogP contribution is 2.34. The Kier molecular flexibility index (Phi) is 5.82. The number of nitrogens with zero attached hydrogens (tertiary/aromatic N) is 2. The van der Waals surface area contributed by atoms with E-state index in [-0.39, 0.29) is 28.1 Å². The summed E-state index contributed by atoms with van der Waals surface area (Å²) in [4.78, 5) is 16.6. The number of aromatic nitrogens is 2. The normalized spacial score (nSPS) is 11.9. The Bertz CT molecular complexity index is 976. The van der Waals surface area contributed by atoms with Gasteiger partial charge in [0.05, 0.1) is 13.2 Å². The van der Waals surface area contributed by atoms with Gasteiger partial charge in [-0.05, 0) is 52.7 Å². The van der Waals surface area contributed by atoms with Gasteiger partial charge in [0, 0.05) is 11.1 Å². The number of benzene rings is 2. The third-order valence-corrected chi connectivity index (χ3v) is 4.76. The number of carbonyl (C=O) groups is 1. The molecule has 1 aromatic heterocycles. The minimum Gasteiger partial charge on any atom is -0.464 e. The van der Waals surface area contributed by atoms with Crippen molar-refractivity contribution in [2.24, 2.45) is 0 Å². The Morgan fingerprint density at radius 1 is 1.26 bits per heavy atom. The summed E-state index contributed by atoms with van der Waals surface area (Å²) in [6.45, 7) is 1.88. The van der Waals surface area contributed by atoms with Gasteiger partial charge in [-0.2, -0.15) is 4.98 Å². The highest BCUT2D eigenvalue weighted by atomic mass is 79.9. The zero-order chi connectivity index (χ0) is 19.6. The number of esters is 1. The van der Waals surface area contributed by atoms with Crippen molar-refractivity contribution in [3.63, 3.8) is 0 Å². The molecule has 8 heteroatoms. The quantitative estimate of drug-likeness (QED) is 0.470. The number of carbonyl (C=O) groups excluding carboxylic acids is 1. The predicted molar refractivity (Wildman–Crippen MR) is 103 cm³/mol. The second-order valence-electron chi connectivity index (χ2n) is 5.68. The van der Waals surface area contributed by atoms with Gasteiger partial charge in [0.15, 0.2) is 5.69 Å². The molecule has 0 spiro atoms. The number of rotatable bonds is 5. The summed E-state index contributed by atoms with van der Waals surface area (Å²) < 4.78 is 26.0. The van der Waals surface area contributed by atoms with Crippen LogP contribution in [0.15, 0.2) is 53.1 Å². The van der Waals surface area contributed by atoms with E-state index in [9.17, 15) is 9.18 Å². The van der Waals surface area contributed by atoms with Crippen LogP contribution < -0.4 is 4.74 Å². The average molecular weight is 454 g/mol. The van der Waals surface area contributed by atoms with Crippen molar-refractivity contribution in [3.8, 4) is 11.8 Å². The molecule has 0 aliphatic rings. The summed E-state index contributed by atoms with van der Waals surface area (Å²) in [7, 11) is 1.28. The molecule has 0 aliphatic heterocycles. The highest BCUT2D eigenvalue weighted by molar-refractivity contribution is 9.10. The first kappa shape index (κ1) is 19.4. The first-order valence-electron chi connectivity index (χ1n) is 7.95. The summed E-state index contributed by atoms with van der Waals surface area (Å²) in [5.41, 5.74) is 1.06. The number of methoxy groups -OCH3 is 1. The van der Waals surface area contributed by atoms with Gasteiger partial charge in [-0.3, -0.25) is 4.57 Å². The molecule has 0 aliphatic carbocycles. The van der Waals surface area contributed by atoms with Gasteiger partial charge in [-0.1, -0.05) is 29.8 Å². The van der Waals surface area contributed by atoms with Crippen LogP contribution in [0.2, 0.25) is 5.02 Å². The minimum absolute atomic E-state index is 0.121. The molecule has 1 unspecified atom stereocenters. The maximum Gasteiger partial charge on any atom is 0.357 e. The SMILES string of the molecule is COC(=O)c1c(Br)nc(Oc2cccc(F)c2)n1C(C)c1ccc(Cl)cc1. The fraction of sp³-hybridized carbons (Fsp3) is 0.158. The fourth-order valence-electron chi connectivity index (χ4n) is 2.62. The van der Waals surface area contributed by atoms with E-state index in [1.165, 1.54) is 25.3 Å². The van der Waals surface area contributed by atoms with Gasteiger partial charge in [-0.15, -0.1) is 0 Å². The van der Waals surface area contributed by atoms with Crippen molar-refractivity contribution in [3.05, 3.63) is 75.2 Å². The molecular formula is C19H15BrClFN2O3. The Morgan fingerprint density at radius 2 is 1.96 bits per heavy atom. The lowest BCUT2D eigenvalue weighted by atomic mass is 10.1. The second-order valence-corrected chi connectivity index (χ2v) is 6.87. The highest BCUT2D eigenvalue weighted by Gasteiger charge is 2.27. The minimum atomic E-state index is -0.579. The molecule has 0 radical (unpaired) electrons. The lowest BCUT2D eigenvalue weighted by molar-refractivity contribution is 0.0585. The molecule has 1 atom stereocenters. The monoisotopic (exact) mass is 452 g/mol. The summed E-state index contributed by atoms with van der Waals surface area (Å²) in [6.07, 6.45) is 0. The zero-order valence-corrected chi connectivity index (χ0v) is 16.8. The number of imidazole rings is 1. The topological polar surface area (TPSA) is 53.4 Å². The van der Waals surface area contributed by atoms with E-state index in [1.807, 2.05) is 19.1 Å². The molecule has 0 bridgehead atoms. The summed E-state index contributed by atoms with van der Waals surface area (Å²) in [5.74, 6) is -0.763. The molecule has 140 valence electrons. The molecule has 3 rings (SSSR count). The Labute approximate surface area is 168 Å². The molecule has 0 fully saturated rings.